The molecule has 1 aliphatic rings. The van der Waals surface area contributed by atoms with Crippen molar-refractivity contribution in [3.8, 4) is 11.8 Å². The van der Waals surface area contributed by atoms with Gasteiger partial charge in [-0.05, 0) is 36.8 Å². The Morgan fingerprint density at radius 1 is 1.31 bits per heavy atom. The highest BCUT2D eigenvalue weighted by Gasteiger charge is 2.44. The molecule has 2 N–H and O–H groups in total. The predicted molar refractivity (Wildman–Crippen MR) is 130 cm³/mol. The predicted octanol–water partition coefficient (Wildman–Crippen LogP) is 3.77. The minimum Gasteiger partial charge on any atom is -0.491 e. The van der Waals surface area contributed by atoms with Crippen LogP contribution in [0.1, 0.15) is 24.2 Å². The molecule has 35 heavy (non-hydrogen) atoms. The number of thioether (sulfide) groups is 1. The highest BCUT2D eigenvalue weighted by atomic mass is 35.5. The zero-order chi connectivity index (χ0) is 25.5. The van der Waals surface area contributed by atoms with Gasteiger partial charge in [0.2, 0.25) is 11.8 Å². The second-order valence-corrected chi connectivity index (χ2v) is 9.01. The molecule has 12 heteroatoms. The fourth-order valence-corrected chi connectivity index (χ4v) is 5.00. The molecule has 9 nitrogen and oxygen atoms in total. The lowest BCUT2D eigenvalue weighted by atomic mass is 9.78. The summed E-state index contributed by atoms with van der Waals surface area (Å²) in [5, 5.41) is 15.7. The summed E-state index contributed by atoms with van der Waals surface area (Å²) in [6.45, 7) is 2.28. The van der Waals surface area contributed by atoms with Crippen LogP contribution in [0.4, 0.5) is 0 Å². The summed E-state index contributed by atoms with van der Waals surface area (Å²) in [4.78, 5) is 37.8. The molecule has 1 aromatic carbocycles. The van der Waals surface area contributed by atoms with Gasteiger partial charge in [-0.1, -0.05) is 35.0 Å². The molecule has 0 saturated heterocycles. The molecule has 2 amide bonds. The average molecular weight is 538 g/mol. The van der Waals surface area contributed by atoms with Crippen molar-refractivity contribution in [2.24, 2.45) is 5.92 Å². The highest BCUT2D eigenvalue weighted by Crippen LogP contribution is 2.44. The molecule has 3 rings (SSSR count). The quantitative estimate of drug-likeness (QED) is 0.365. The van der Waals surface area contributed by atoms with Crippen LogP contribution in [0, 0.1) is 17.2 Å². The Balaban J connectivity index is 1.93. The first kappa shape index (κ1) is 26.5. The number of nitrogens with one attached hydrogen (secondary N) is 2. The molecule has 2 heterocycles. The topological polar surface area (TPSA) is 131 Å². The van der Waals surface area contributed by atoms with Gasteiger partial charge < -0.3 is 24.5 Å². The van der Waals surface area contributed by atoms with Gasteiger partial charge in [-0.2, -0.15) is 5.26 Å². The summed E-state index contributed by atoms with van der Waals surface area (Å²) in [6, 6.07) is 8.47. The Labute approximate surface area is 215 Å². The van der Waals surface area contributed by atoms with Gasteiger partial charge in [0.25, 0.3) is 0 Å². The number of nitriles is 1. The van der Waals surface area contributed by atoms with Gasteiger partial charge in [-0.15, -0.1) is 0 Å². The average Bonchev–Trinajstić information content (AvgIpc) is 3.36. The second kappa shape index (κ2) is 12.0. The van der Waals surface area contributed by atoms with Gasteiger partial charge in [-0.3, -0.25) is 14.4 Å². The van der Waals surface area contributed by atoms with E-state index < -0.39 is 23.7 Å². The van der Waals surface area contributed by atoms with E-state index in [1.807, 2.05) is 0 Å². The number of methoxy groups -OCH3 is 1. The van der Waals surface area contributed by atoms with E-state index in [2.05, 4.69) is 16.7 Å². The SMILES string of the molecule is CCOc1c(Cl)cc([C@H]2C(C#N)=C(SCC(=O)NCc3ccco3)NC(=O)[C@@H]2C(=O)OC)cc1Cl. The standard InChI is InChI=1S/C23H21Cl2N3O6S/c1-3-33-20-15(24)7-12(8-16(20)25)18-14(9-26)22(28-21(30)19(18)23(31)32-2)35-11-17(29)27-10-13-5-4-6-34-13/h4-8,18-19H,3,10-11H2,1-2H3,(H,27,29)(H,28,30)/t18-,19+/m0/s1. The molecule has 0 spiro atoms. The molecule has 0 unspecified atom stereocenters. The van der Waals surface area contributed by atoms with Crippen molar-refractivity contribution in [2.75, 3.05) is 19.5 Å². The number of hydrogen-bond acceptors (Lipinski definition) is 8. The first-order valence-corrected chi connectivity index (χ1v) is 12.1. The molecule has 1 aromatic heterocycles. The van der Waals surface area contributed by atoms with Crippen molar-refractivity contribution in [1.82, 2.24) is 10.6 Å². The van der Waals surface area contributed by atoms with E-state index in [0.717, 1.165) is 18.9 Å². The van der Waals surface area contributed by atoms with Gasteiger partial charge in [0.1, 0.15) is 11.7 Å². The molecular formula is C23H21Cl2N3O6S. The Morgan fingerprint density at radius 2 is 2.03 bits per heavy atom. The molecule has 1 aliphatic heterocycles. The van der Waals surface area contributed by atoms with Crippen LogP contribution >= 0.6 is 35.0 Å². The van der Waals surface area contributed by atoms with E-state index in [-0.39, 0.29) is 44.6 Å². The smallest absolute Gasteiger partial charge is 0.319 e. The summed E-state index contributed by atoms with van der Waals surface area (Å²) in [7, 11) is 1.15. The first-order valence-electron chi connectivity index (χ1n) is 10.4. The minimum atomic E-state index is -1.36. The summed E-state index contributed by atoms with van der Waals surface area (Å²) in [6.07, 6.45) is 1.50. The van der Waals surface area contributed by atoms with Crippen LogP contribution in [0.15, 0.2) is 45.5 Å². The van der Waals surface area contributed by atoms with Gasteiger partial charge in [0.15, 0.2) is 5.75 Å². The summed E-state index contributed by atoms with van der Waals surface area (Å²) >= 11 is 13.7. The van der Waals surface area contributed by atoms with E-state index in [4.69, 9.17) is 37.1 Å². The summed E-state index contributed by atoms with van der Waals surface area (Å²) in [5.74, 6) is -3.53. The van der Waals surface area contributed by atoms with Crippen LogP contribution < -0.4 is 15.4 Å². The zero-order valence-electron chi connectivity index (χ0n) is 18.7. The van der Waals surface area contributed by atoms with Crippen LogP contribution in [0.5, 0.6) is 5.75 Å². The third kappa shape index (κ3) is 6.11. The molecule has 0 radical (unpaired) electrons. The highest BCUT2D eigenvalue weighted by molar-refractivity contribution is 8.03. The van der Waals surface area contributed by atoms with Crippen LogP contribution in [0.3, 0.4) is 0 Å². The van der Waals surface area contributed by atoms with E-state index >= 15 is 0 Å². The molecule has 2 aromatic rings. The largest absolute Gasteiger partial charge is 0.491 e. The van der Waals surface area contributed by atoms with Crippen molar-refractivity contribution in [3.63, 3.8) is 0 Å². The number of amides is 2. The Bertz CT molecular complexity index is 1170. The molecule has 184 valence electrons. The van der Waals surface area contributed by atoms with Crippen LogP contribution in [-0.4, -0.2) is 37.3 Å². The number of benzene rings is 1. The summed E-state index contributed by atoms with van der Waals surface area (Å²) < 4.78 is 15.4. The molecule has 0 saturated carbocycles. The molecule has 2 atom stereocenters. The fraction of sp³-hybridized carbons (Fsp3) is 0.304. The number of nitrogens with zero attached hydrogens (tertiary/aromatic N) is 1. The van der Waals surface area contributed by atoms with E-state index in [1.54, 1.807) is 19.1 Å². The number of allylic oxidation sites excluding steroid dienone is 1. The lowest BCUT2D eigenvalue weighted by Gasteiger charge is -2.31. The Kier molecular flexibility index (Phi) is 9.09. The maximum Gasteiger partial charge on any atom is 0.319 e. The number of rotatable bonds is 9. The number of carbonyl (C=O) groups excluding carboxylic acids is 3. The first-order chi connectivity index (χ1) is 16.8. The van der Waals surface area contributed by atoms with E-state index in [1.165, 1.54) is 18.4 Å². The Morgan fingerprint density at radius 3 is 2.60 bits per heavy atom. The number of carbonyl (C=O) groups is 3. The summed E-state index contributed by atoms with van der Waals surface area (Å²) in [5.41, 5.74) is 0.422. The van der Waals surface area contributed by atoms with Crippen LogP contribution in [0.25, 0.3) is 0 Å². The zero-order valence-corrected chi connectivity index (χ0v) is 21.1. The van der Waals surface area contributed by atoms with Gasteiger partial charge >= 0.3 is 5.97 Å². The monoisotopic (exact) mass is 537 g/mol. The third-order valence-electron chi connectivity index (χ3n) is 5.04. The fourth-order valence-electron chi connectivity index (χ4n) is 3.51. The van der Waals surface area contributed by atoms with Gasteiger partial charge in [0, 0.05) is 5.92 Å². The number of esters is 1. The van der Waals surface area contributed by atoms with Crippen molar-refractivity contribution in [2.45, 2.75) is 19.4 Å². The molecule has 0 aliphatic carbocycles. The maximum atomic E-state index is 12.9. The lowest BCUT2D eigenvalue weighted by Crippen LogP contribution is -2.44. The maximum absolute atomic E-state index is 12.9. The van der Waals surface area contributed by atoms with Crippen molar-refractivity contribution in [1.29, 1.82) is 5.26 Å². The van der Waals surface area contributed by atoms with Crippen LogP contribution in [0.2, 0.25) is 10.0 Å². The van der Waals surface area contributed by atoms with Crippen LogP contribution in [-0.2, 0) is 25.7 Å². The third-order valence-corrected chi connectivity index (χ3v) is 6.62. The second-order valence-electron chi connectivity index (χ2n) is 7.21. The van der Waals surface area contributed by atoms with Crippen molar-refractivity contribution < 1.29 is 28.3 Å². The number of furan rings is 1. The number of hydrogen-bond donors (Lipinski definition) is 2. The van der Waals surface area contributed by atoms with Gasteiger partial charge in [-0.25, -0.2) is 0 Å². The molecular weight excluding hydrogens is 517 g/mol. The Hall–Kier alpha value is -3.13. The number of halogens is 2. The normalized spacial score (nSPS) is 17.4. The van der Waals surface area contributed by atoms with E-state index in [9.17, 15) is 19.6 Å². The van der Waals surface area contributed by atoms with Gasteiger partial charge in [0.05, 0.1) is 59.0 Å². The van der Waals surface area contributed by atoms with Crippen molar-refractivity contribution in [3.05, 3.63) is 62.5 Å². The minimum absolute atomic E-state index is 0.0696. The van der Waals surface area contributed by atoms with Crippen molar-refractivity contribution >= 4 is 52.7 Å². The van der Waals surface area contributed by atoms with E-state index in [0.29, 0.717) is 17.9 Å². The molecule has 0 bridgehead atoms. The molecule has 0 fully saturated rings. The number of ether oxygens (including phenoxy) is 2. The lowest BCUT2D eigenvalue weighted by molar-refractivity contribution is -0.150.